The Morgan fingerprint density at radius 1 is 1.53 bits per heavy atom. The highest BCUT2D eigenvalue weighted by molar-refractivity contribution is 7.99. The maximum Gasteiger partial charge on any atom is 0.146 e. The lowest BCUT2D eigenvalue weighted by molar-refractivity contribution is 0.603. The van der Waals surface area contributed by atoms with Gasteiger partial charge in [0.15, 0.2) is 0 Å². The van der Waals surface area contributed by atoms with Gasteiger partial charge < -0.3 is 10.6 Å². The molecule has 1 aliphatic heterocycles. The van der Waals surface area contributed by atoms with Crippen LogP contribution in [-0.4, -0.2) is 24.6 Å². The second-order valence-corrected chi connectivity index (χ2v) is 5.78. The highest BCUT2D eigenvalue weighted by Crippen LogP contribution is 2.28. The molecule has 0 aliphatic carbocycles. The van der Waals surface area contributed by atoms with E-state index in [1.165, 1.54) is 5.75 Å². The average molecular weight is 254 g/mol. The van der Waals surface area contributed by atoms with Crippen molar-refractivity contribution >= 4 is 17.4 Å². The Kier molecular flexibility index (Phi) is 3.94. The van der Waals surface area contributed by atoms with E-state index in [0.717, 1.165) is 17.7 Å². The molecule has 0 aromatic heterocycles. The van der Waals surface area contributed by atoms with Crippen molar-refractivity contribution in [3.8, 4) is 0 Å². The second-order valence-electron chi connectivity index (χ2n) is 4.63. The van der Waals surface area contributed by atoms with Gasteiger partial charge in [0.2, 0.25) is 0 Å². The first-order chi connectivity index (χ1) is 8.09. The summed E-state index contributed by atoms with van der Waals surface area (Å²) < 4.78 is 14.0. The molecule has 1 unspecified atom stereocenters. The molecule has 0 radical (unpaired) electrons. The Hall–Kier alpha value is -0.740. The molecule has 1 heterocycles. The van der Waals surface area contributed by atoms with Gasteiger partial charge >= 0.3 is 0 Å². The van der Waals surface area contributed by atoms with E-state index in [1.54, 1.807) is 6.07 Å². The van der Waals surface area contributed by atoms with Gasteiger partial charge in [-0.1, -0.05) is 6.07 Å². The van der Waals surface area contributed by atoms with Crippen LogP contribution in [0.1, 0.15) is 24.9 Å². The lowest BCUT2D eigenvalue weighted by Gasteiger charge is -2.26. The number of hydrogen-bond acceptors (Lipinski definition) is 3. The zero-order valence-electron chi connectivity index (χ0n) is 10.3. The molecular weight excluding hydrogens is 235 g/mol. The predicted octanol–water partition coefficient (Wildman–Crippen LogP) is 2.79. The standard InChI is InChI=1S/C13H19FN2S/c1-9(15)10-3-4-13(12(14)7-10)16(2)11-5-6-17-8-11/h3-4,7,9,11H,5-6,8,15H2,1-2H3/t9-,11?/m1/s1. The van der Waals surface area contributed by atoms with Crippen molar-refractivity contribution in [3.05, 3.63) is 29.6 Å². The van der Waals surface area contributed by atoms with Crippen LogP contribution in [-0.2, 0) is 0 Å². The summed E-state index contributed by atoms with van der Waals surface area (Å²) >= 11 is 1.93. The minimum Gasteiger partial charge on any atom is -0.368 e. The van der Waals surface area contributed by atoms with Gasteiger partial charge in [0.1, 0.15) is 5.82 Å². The summed E-state index contributed by atoms with van der Waals surface area (Å²) in [5.74, 6) is 2.10. The van der Waals surface area contributed by atoms with Crippen molar-refractivity contribution in [2.75, 3.05) is 23.5 Å². The van der Waals surface area contributed by atoms with Gasteiger partial charge in [0.05, 0.1) is 5.69 Å². The topological polar surface area (TPSA) is 29.3 Å². The van der Waals surface area contributed by atoms with E-state index in [-0.39, 0.29) is 11.9 Å². The first kappa shape index (κ1) is 12.7. The predicted molar refractivity (Wildman–Crippen MR) is 73.1 cm³/mol. The molecule has 0 saturated carbocycles. The minimum atomic E-state index is -0.167. The first-order valence-electron chi connectivity index (χ1n) is 5.95. The molecule has 2 N–H and O–H groups in total. The van der Waals surface area contributed by atoms with E-state index >= 15 is 0 Å². The van der Waals surface area contributed by atoms with Gasteiger partial charge in [0, 0.05) is 24.9 Å². The number of nitrogens with two attached hydrogens (primary N) is 1. The van der Waals surface area contributed by atoms with E-state index in [2.05, 4.69) is 4.90 Å². The molecule has 1 aromatic rings. The lowest BCUT2D eigenvalue weighted by atomic mass is 10.1. The third-order valence-electron chi connectivity index (χ3n) is 3.33. The van der Waals surface area contributed by atoms with Crippen LogP contribution in [0.4, 0.5) is 10.1 Å². The molecule has 1 saturated heterocycles. The Labute approximate surface area is 106 Å². The molecular formula is C13H19FN2S. The number of benzene rings is 1. The molecule has 94 valence electrons. The SMILES string of the molecule is C[C@@H](N)c1ccc(N(C)C2CCSC2)c(F)c1. The highest BCUT2D eigenvalue weighted by Gasteiger charge is 2.22. The third-order valence-corrected chi connectivity index (χ3v) is 4.48. The molecule has 1 fully saturated rings. The van der Waals surface area contributed by atoms with Crippen LogP contribution in [0, 0.1) is 5.82 Å². The number of halogens is 1. The van der Waals surface area contributed by atoms with Crippen LogP contribution in [0.2, 0.25) is 0 Å². The fraction of sp³-hybridized carbons (Fsp3) is 0.538. The molecule has 0 bridgehead atoms. The molecule has 4 heteroatoms. The largest absolute Gasteiger partial charge is 0.368 e. The summed E-state index contributed by atoms with van der Waals surface area (Å²) in [6, 6.07) is 5.65. The van der Waals surface area contributed by atoms with Crippen LogP contribution in [0.25, 0.3) is 0 Å². The van der Waals surface area contributed by atoms with Crippen molar-refractivity contribution in [2.24, 2.45) is 5.73 Å². The molecule has 0 amide bonds. The first-order valence-corrected chi connectivity index (χ1v) is 7.10. The van der Waals surface area contributed by atoms with Gasteiger partial charge in [0.25, 0.3) is 0 Å². The summed E-state index contributed by atoms with van der Waals surface area (Å²) in [7, 11) is 1.97. The zero-order chi connectivity index (χ0) is 12.4. The quantitative estimate of drug-likeness (QED) is 0.899. The van der Waals surface area contributed by atoms with Crippen molar-refractivity contribution in [1.29, 1.82) is 0 Å². The smallest absolute Gasteiger partial charge is 0.146 e. The Morgan fingerprint density at radius 2 is 2.29 bits per heavy atom. The van der Waals surface area contributed by atoms with Crippen molar-refractivity contribution in [3.63, 3.8) is 0 Å². The molecule has 2 rings (SSSR count). The maximum absolute atomic E-state index is 14.0. The Balaban J connectivity index is 2.20. The van der Waals surface area contributed by atoms with Crippen molar-refractivity contribution < 1.29 is 4.39 Å². The molecule has 1 aliphatic rings. The van der Waals surface area contributed by atoms with Crippen LogP contribution in [0.3, 0.4) is 0 Å². The van der Waals surface area contributed by atoms with E-state index in [0.29, 0.717) is 11.7 Å². The second kappa shape index (κ2) is 5.27. The van der Waals surface area contributed by atoms with Crippen LogP contribution < -0.4 is 10.6 Å². The van der Waals surface area contributed by atoms with Crippen LogP contribution in [0.15, 0.2) is 18.2 Å². The van der Waals surface area contributed by atoms with Gasteiger partial charge in [-0.25, -0.2) is 4.39 Å². The number of rotatable bonds is 3. The number of anilines is 1. The number of thioether (sulfide) groups is 1. The zero-order valence-corrected chi connectivity index (χ0v) is 11.1. The minimum absolute atomic E-state index is 0.120. The van der Waals surface area contributed by atoms with Crippen LogP contribution >= 0.6 is 11.8 Å². The van der Waals surface area contributed by atoms with Crippen molar-refractivity contribution in [2.45, 2.75) is 25.4 Å². The number of hydrogen-bond donors (Lipinski definition) is 1. The van der Waals surface area contributed by atoms with E-state index in [9.17, 15) is 4.39 Å². The van der Waals surface area contributed by atoms with E-state index in [4.69, 9.17) is 5.73 Å². The highest BCUT2D eigenvalue weighted by atomic mass is 32.2. The molecule has 0 spiro atoms. The summed E-state index contributed by atoms with van der Waals surface area (Å²) in [6.07, 6.45) is 1.13. The fourth-order valence-electron chi connectivity index (χ4n) is 2.12. The lowest BCUT2D eigenvalue weighted by Crippen LogP contribution is -2.32. The molecule has 17 heavy (non-hydrogen) atoms. The summed E-state index contributed by atoms with van der Waals surface area (Å²) in [6.45, 7) is 1.87. The van der Waals surface area contributed by atoms with Crippen LogP contribution in [0.5, 0.6) is 0 Å². The normalized spacial score (nSPS) is 21.5. The molecule has 2 nitrogen and oxygen atoms in total. The van der Waals surface area contributed by atoms with Crippen molar-refractivity contribution in [1.82, 2.24) is 0 Å². The van der Waals surface area contributed by atoms with E-state index in [1.807, 2.05) is 37.9 Å². The monoisotopic (exact) mass is 254 g/mol. The van der Waals surface area contributed by atoms with Gasteiger partial charge in [-0.3, -0.25) is 0 Å². The van der Waals surface area contributed by atoms with E-state index < -0.39 is 0 Å². The number of nitrogens with zero attached hydrogens (tertiary/aromatic N) is 1. The third kappa shape index (κ3) is 2.75. The maximum atomic E-state index is 14.0. The van der Waals surface area contributed by atoms with Gasteiger partial charge in [-0.2, -0.15) is 11.8 Å². The average Bonchev–Trinajstić information content (AvgIpc) is 2.81. The Bertz CT molecular complexity index is 389. The van der Waals surface area contributed by atoms with Gasteiger partial charge in [-0.15, -0.1) is 0 Å². The molecule has 1 aromatic carbocycles. The fourth-order valence-corrected chi connectivity index (χ4v) is 3.38. The Morgan fingerprint density at radius 3 is 2.82 bits per heavy atom. The summed E-state index contributed by atoms with van der Waals surface area (Å²) in [4.78, 5) is 2.06. The summed E-state index contributed by atoms with van der Waals surface area (Å²) in [5, 5.41) is 0. The molecule has 2 atom stereocenters. The summed E-state index contributed by atoms with van der Waals surface area (Å²) in [5.41, 5.74) is 7.28. The van der Waals surface area contributed by atoms with Gasteiger partial charge in [-0.05, 0) is 36.8 Å².